The van der Waals surface area contributed by atoms with Gasteiger partial charge in [-0.3, -0.25) is 9.59 Å². The SMILES string of the molecule is CCCCCCCCCCCCCC(=O)OC[C@H]1O[C@@H]([n+]2cccc(C(N)=O)c2)[C@H](O)[C@@H]1O.O=C([O-])C(F)(F)F. The van der Waals surface area contributed by atoms with Crippen LogP contribution in [0.25, 0.3) is 0 Å². The van der Waals surface area contributed by atoms with Gasteiger partial charge >= 0.3 is 12.1 Å². The van der Waals surface area contributed by atoms with Crippen molar-refractivity contribution in [3.05, 3.63) is 30.1 Å². The summed E-state index contributed by atoms with van der Waals surface area (Å²) in [4.78, 5) is 32.2. The Morgan fingerprint density at radius 3 is 2.02 bits per heavy atom. The first kappa shape index (κ1) is 35.3. The summed E-state index contributed by atoms with van der Waals surface area (Å²) in [6.45, 7) is 2.09. The van der Waals surface area contributed by atoms with E-state index < -0.39 is 42.6 Å². The molecular weight excluding hydrogens is 537 g/mol. The Balaban J connectivity index is 0.00000101. The lowest BCUT2D eigenvalue weighted by atomic mass is 10.1. The lowest BCUT2D eigenvalue weighted by Gasteiger charge is -2.13. The zero-order chi connectivity index (χ0) is 30.1. The maximum absolute atomic E-state index is 12.0. The van der Waals surface area contributed by atoms with Crippen molar-refractivity contribution in [1.29, 1.82) is 0 Å². The van der Waals surface area contributed by atoms with E-state index in [0.717, 1.165) is 19.3 Å². The first-order valence-electron chi connectivity index (χ1n) is 13.6. The number of alkyl halides is 3. The zero-order valence-electron chi connectivity index (χ0n) is 22.8. The highest BCUT2D eigenvalue weighted by molar-refractivity contribution is 5.92. The fourth-order valence-electron chi connectivity index (χ4n) is 4.09. The predicted molar refractivity (Wildman–Crippen MR) is 134 cm³/mol. The number of carboxylic acids is 1. The molecule has 2 heterocycles. The van der Waals surface area contributed by atoms with Crippen LogP contribution in [0.3, 0.4) is 0 Å². The number of amides is 1. The van der Waals surface area contributed by atoms with Crippen molar-refractivity contribution in [3.63, 3.8) is 0 Å². The first-order chi connectivity index (χ1) is 18.9. The lowest BCUT2D eigenvalue weighted by molar-refractivity contribution is -0.765. The summed E-state index contributed by atoms with van der Waals surface area (Å²) < 4.78 is 44.0. The van der Waals surface area contributed by atoms with E-state index in [2.05, 4.69) is 6.92 Å². The molecule has 0 unspecified atom stereocenters. The van der Waals surface area contributed by atoms with Gasteiger partial charge in [-0.2, -0.15) is 17.7 Å². The molecule has 228 valence electrons. The molecule has 0 radical (unpaired) electrons. The van der Waals surface area contributed by atoms with Crippen LogP contribution in [0.15, 0.2) is 24.5 Å². The number of aliphatic carboxylic acids is 1. The Kier molecular flexibility index (Phi) is 16.4. The molecule has 0 saturated carbocycles. The fraction of sp³-hybridized carbons (Fsp3) is 0.704. The van der Waals surface area contributed by atoms with Gasteiger partial charge in [0, 0.05) is 12.5 Å². The molecule has 0 spiro atoms. The molecule has 13 heteroatoms. The molecule has 1 aromatic heterocycles. The van der Waals surface area contributed by atoms with E-state index >= 15 is 0 Å². The molecule has 1 aliphatic rings. The van der Waals surface area contributed by atoms with Crippen LogP contribution in [0.2, 0.25) is 0 Å². The minimum absolute atomic E-state index is 0.137. The number of esters is 1. The van der Waals surface area contributed by atoms with Crippen molar-refractivity contribution in [2.45, 2.75) is 115 Å². The lowest BCUT2D eigenvalue weighted by Crippen LogP contribution is -2.46. The van der Waals surface area contributed by atoms with E-state index in [1.54, 1.807) is 18.3 Å². The van der Waals surface area contributed by atoms with Gasteiger partial charge < -0.3 is 35.3 Å². The Morgan fingerprint density at radius 1 is 1.00 bits per heavy atom. The maximum Gasteiger partial charge on any atom is 0.430 e. The van der Waals surface area contributed by atoms with Crippen LogP contribution in [0.5, 0.6) is 0 Å². The zero-order valence-corrected chi connectivity index (χ0v) is 22.8. The van der Waals surface area contributed by atoms with Gasteiger partial charge in [0.25, 0.3) is 12.1 Å². The molecule has 1 aromatic rings. The predicted octanol–water partition coefficient (Wildman–Crippen LogP) is 2.24. The number of hydrogen-bond acceptors (Lipinski definition) is 8. The van der Waals surface area contributed by atoms with Crippen LogP contribution < -0.4 is 15.4 Å². The normalized spacial score (nSPS) is 20.4. The molecule has 2 rings (SSSR count). The fourth-order valence-corrected chi connectivity index (χ4v) is 4.09. The summed E-state index contributed by atoms with van der Waals surface area (Å²) in [6.07, 6.45) is 7.31. The monoisotopic (exact) mass is 578 g/mol. The minimum Gasteiger partial charge on any atom is -0.542 e. The molecule has 1 fully saturated rings. The van der Waals surface area contributed by atoms with E-state index in [1.165, 1.54) is 62.1 Å². The molecule has 1 amide bonds. The average Bonchev–Trinajstić information content (AvgIpc) is 3.19. The Labute approximate surface area is 232 Å². The average molecular weight is 579 g/mol. The number of rotatable bonds is 16. The van der Waals surface area contributed by atoms with E-state index in [-0.39, 0.29) is 18.1 Å². The highest BCUT2D eigenvalue weighted by Crippen LogP contribution is 2.26. The number of aliphatic hydroxyl groups is 2. The summed E-state index contributed by atoms with van der Waals surface area (Å²) in [7, 11) is 0. The molecule has 0 aliphatic carbocycles. The number of pyridine rings is 1. The summed E-state index contributed by atoms with van der Waals surface area (Å²) in [6, 6.07) is 3.15. The van der Waals surface area contributed by atoms with Gasteiger partial charge in [0.05, 0.1) is 0 Å². The second-order valence-corrected chi connectivity index (χ2v) is 9.70. The van der Waals surface area contributed by atoms with Gasteiger partial charge in [0.15, 0.2) is 18.5 Å². The highest BCUT2D eigenvalue weighted by Gasteiger charge is 2.48. The number of nitrogens with zero attached hydrogens (tertiary/aromatic N) is 1. The third-order valence-electron chi connectivity index (χ3n) is 6.36. The van der Waals surface area contributed by atoms with Gasteiger partial charge in [-0.1, -0.05) is 71.1 Å². The van der Waals surface area contributed by atoms with Crippen LogP contribution in [0.1, 0.15) is 101 Å². The van der Waals surface area contributed by atoms with E-state index in [4.69, 9.17) is 25.1 Å². The summed E-state index contributed by atoms with van der Waals surface area (Å²) in [5.74, 6) is -3.94. The smallest absolute Gasteiger partial charge is 0.430 e. The Bertz CT molecular complexity index is 916. The quantitative estimate of drug-likeness (QED) is 0.153. The van der Waals surface area contributed by atoms with Gasteiger partial charge in [0.1, 0.15) is 30.3 Å². The van der Waals surface area contributed by atoms with Crippen molar-refractivity contribution in [1.82, 2.24) is 0 Å². The second-order valence-electron chi connectivity index (χ2n) is 9.70. The number of halogens is 3. The number of carbonyl (C=O) groups excluding carboxylic acids is 3. The third kappa shape index (κ3) is 13.5. The molecule has 10 nitrogen and oxygen atoms in total. The van der Waals surface area contributed by atoms with Gasteiger partial charge in [-0.25, -0.2) is 0 Å². The topological polar surface area (TPSA) is 163 Å². The van der Waals surface area contributed by atoms with Crippen molar-refractivity contribution in [2.75, 3.05) is 6.61 Å². The Morgan fingerprint density at radius 2 is 1.52 bits per heavy atom. The van der Waals surface area contributed by atoms with Crippen LogP contribution in [-0.2, 0) is 19.1 Å². The van der Waals surface area contributed by atoms with Gasteiger partial charge in [-0.15, -0.1) is 0 Å². The summed E-state index contributed by atoms with van der Waals surface area (Å²) in [5, 5.41) is 29.4. The van der Waals surface area contributed by atoms with Crippen molar-refractivity contribution in [3.8, 4) is 0 Å². The molecule has 4 N–H and O–H groups in total. The van der Waals surface area contributed by atoms with E-state index in [9.17, 15) is 33.0 Å². The van der Waals surface area contributed by atoms with Crippen molar-refractivity contribution in [2.24, 2.45) is 5.73 Å². The first-order valence-corrected chi connectivity index (χ1v) is 13.6. The largest absolute Gasteiger partial charge is 0.542 e. The summed E-state index contributed by atoms with van der Waals surface area (Å²) >= 11 is 0. The van der Waals surface area contributed by atoms with Crippen LogP contribution in [0, 0.1) is 0 Å². The molecule has 0 bridgehead atoms. The minimum atomic E-state index is -5.19. The molecule has 40 heavy (non-hydrogen) atoms. The number of hydrogen-bond donors (Lipinski definition) is 3. The number of aliphatic hydroxyl groups excluding tert-OH is 2. The number of aromatic nitrogens is 1. The number of primary amides is 1. The maximum atomic E-state index is 12.0. The van der Waals surface area contributed by atoms with Gasteiger partial charge in [0.2, 0.25) is 0 Å². The number of unbranched alkanes of at least 4 members (excludes halogenated alkanes) is 10. The highest BCUT2D eigenvalue weighted by atomic mass is 19.4. The second kappa shape index (κ2) is 18.6. The number of carbonyl (C=O) groups is 3. The molecule has 4 atom stereocenters. The van der Waals surface area contributed by atoms with Crippen molar-refractivity contribution < 1.29 is 56.9 Å². The molecular formula is C27H41F3N2O8. The number of carboxylic acid groups (broad SMARTS) is 1. The Hall–Kier alpha value is -2.77. The van der Waals surface area contributed by atoms with Crippen LogP contribution in [-0.4, -0.2) is 59.2 Å². The number of ether oxygens (including phenoxy) is 2. The summed E-state index contributed by atoms with van der Waals surface area (Å²) in [5.41, 5.74) is 5.54. The molecule has 1 saturated heterocycles. The van der Waals surface area contributed by atoms with E-state index in [0.29, 0.717) is 6.42 Å². The van der Waals surface area contributed by atoms with E-state index in [1.807, 2.05) is 0 Å². The van der Waals surface area contributed by atoms with Crippen molar-refractivity contribution >= 4 is 17.8 Å². The van der Waals surface area contributed by atoms with Crippen LogP contribution in [0.4, 0.5) is 13.2 Å². The third-order valence-corrected chi connectivity index (χ3v) is 6.36. The molecule has 1 aliphatic heterocycles. The molecule has 0 aromatic carbocycles. The number of nitrogens with two attached hydrogens (primary N) is 1. The van der Waals surface area contributed by atoms with Crippen LogP contribution >= 0.6 is 0 Å². The van der Waals surface area contributed by atoms with Gasteiger partial charge in [-0.05, 0) is 12.5 Å². The standard InChI is InChI=1S/C25H40N2O6.C2HF3O2/c1-2-3-4-5-6-7-8-9-10-11-12-15-21(28)32-18-20-22(29)23(30)25(33-20)27-16-13-14-19(17-27)24(26)31;3-2(4,5)1(6)7/h13-14,16-17,20,22-23,25,29-30H,2-12,15,18H2,1H3,(H-,26,31);(H,6,7)/t20-,22-,23-,25-;/m1./s1.